The van der Waals surface area contributed by atoms with Crippen LogP contribution in [0, 0.1) is 12.7 Å². The summed E-state index contributed by atoms with van der Waals surface area (Å²) in [7, 11) is -2.60. The Bertz CT molecular complexity index is 672. The Morgan fingerprint density at radius 2 is 1.95 bits per heavy atom. The Morgan fingerprint density at radius 3 is 2.48 bits per heavy atom. The van der Waals surface area contributed by atoms with Crippen LogP contribution in [-0.2, 0) is 14.8 Å². The number of carboxylic acid groups (broad SMARTS) is 1. The summed E-state index contributed by atoms with van der Waals surface area (Å²) in [5.41, 5.74) is -0.816. The molecule has 0 saturated carbocycles. The molecule has 116 valence electrons. The average molecular weight is 318 g/mol. The van der Waals surface area contributed by atoms with Crippen molar-refractivity contribution in [3.05, 3.63) is 29.1 Å². The second-order valence-corrected chi connectivity index (χ2v) is 5.99. The van der Waals surface area contributed by atoms with E-state index in [4.69, 9.17) is 5.11 Å². The first-order valence-corrected chi connectivity index (χ1v) is 7.41. The third-order valence-corrected chi connectivity index (χ3v) is 4.13. The van der Waals surface area contributed by atoms with E-state index in [1.165, 1.54) is 14.0 Å². The number of aromatic carboxylic acids is 1. The molecule has 0 aliphatic heterocycles. The number of hydrogen-bond donors (Lipinski definition) is 3. The van der Waals surface area contributed by atoms with Gasteiger partial charge in [-0.15, -0.1) is 0 Å². The van der Waals surface area contributed by atoms with E-state index < -0.39 is 27.4 Å². The number of amides is 1. The van der Waals surface area contributed by atoms with Crippen LogP contribution in [0.15, 0.2) is 17.0 Å². The van der Waals surface area contributed by atoms with Crippen LogP contribution < -0.4 is 10.0 Å². The second kappa shape index (κ2) is 6.64. The number of aryl methyl sites for hydroxylation is 1. The highest BCUT2D eigenvalue weighted by Crippen LogP contribution is 2.19. The van der Waals surface area contributed by atoms with Gasteiger partial charge in [-0.3, -0.25) is 4.79 Å². The molecule has 0 radical (unpaired) electrons. The van der Waals surface area contributed by atoms with Crippen LogP contribution in [0.2, 0.25) is 0 Å². The van der Waals surface area contributed by atoms with E-state index in [1.54, 1.807) is 0 Å². The highest BCUT2D eigenvalue weighted by atomic mass is 32.2. The topological polar surface area (TPSA) is 113 Å². The molecule has 0 aromatic heterocycles. The van der Waals surface area contributed by atoms with Gasteiger partial charge in [-0.1, -0.05) is 0 Å². The van der Waals surface area contributed by atoms with Crippen LogP contribution in [0.1, 0.15) is 22.3 Å². The minimum Gasteiger partial charge on any atom is -0.478 e. The van der Waals surface area contributed by atoms with Gasteiger partial charge in [0, 0.05) is 20.0 Å². The molecule has 0 aliphatic carbocycles. The summed E-state index contributed by atoms with van der Waals surface area (Å²) in [5.74, 6) is -2.89. The molecule has 0 spiro atoms. The van der Waals surface area contributed by atoms with E-state index in [0.29, 0.717) is 0 Å². The molecule has 0 unspecified atom stereocenters. The van der Waals surface area contributed by atoms with Gasteiger partial charge in [-0.05, 0) is 24.6 Å². The Morgan fingerprint density at radius 1 is 1.33 bits per heavy atom. The summed E-state index contributed by atoms with van der Waals surface area (Å²) < 4.78 is 39.7. The summed E-state index contributed by atoms with van der Waals surface area (Å²) in [6, 6.07) is 1.77. The van der Waals surface area contributed by atoms with E-state index in [2.05, 4.69) is 10.0 Å². The SMILES string of the molecule is CNC(=O)CCNS(=O)(=O)c1cc(C)c(F)c(C(=O)O)c1. The van der Waals surface area contributed by atoms with Crippen LogP contribution in [0.4, 0.5) is 4.39 Å². The number of nitrogens with one attached hydrogen (secondary N) is 2. The van der Waals surface area contributed by atoms with Crippen LogP contribution in [0.5, 0.6) is 0 Å². The van der Waals surface area contributed by atoms with E-state index in [0.717, 1.165) is 12.1 Å². The molecule has 0 aliphatic rings. The van der Waals surface area contributed by atoms with Gasteiger partial charge in [-0.2, -0.15) is 0 Å². The van der Waals surface area contributed by atoms with Crippen molar-refractivity contribution in [1.29, 1.82) is 0 Å². The van der Waals surface area contributed by atoms with E-state index in [-0.39, 0.29) is 29.3 Å². The molecule has 1 aromatic rings. The molecule has 9 heteroatoms. The fourth-order valence-electron chi connectivity index (χ4n) is 1.55. The summed E-state index contributed by atoms with van der Waals surface area (Å²) >= 11 is 0. The van der Waals surface area contributed by atoms with Crippen molar-refractivity contribution in [1.82, 2.24) is 10.0 Å². The van der Waals surface area contributed by atoms with Crippen molar-refractivity contribution in [2.75, 3.05) is 13.6 Å². The monoisotopic (exact) mass is 318 g/mol. The van der Waals surface area contributed by atoms with Crippen molar-refractivity contribution in [2.24, 2.45) is 0 Å². The Kier molecular flexibility index (Phi) is 5.39. The first kappa shape index (κ1) is 17.1. The van der Waals surface area contributed by atoms with Gasteiger partial charge < -0.3 is 10.4 Å². The fraction of sp³-hybridized carbons (Fsp3) is 0.333. The van der Waals surface area contributed by atoms with E-state index in [9.17, 15) is 22.4 Å². The van der Waals surface area contributed by atoms with Crippen molar-refractivity contribution in [2.45, 2.75) is 18.2 Å². The summed E-state index contributed by atoms with van der Waals surface area (Å²) in [6.45, 7) is 1.12. The zero-order chi connectivity index (χ0) is 16.2. The van der Waals surface area contributed by atoms with Gasteiger partial charge >= 0.3 is 5.97 Å². The fourth-order valence-corrected chi connectivity index (χ4v) is 2.70. The maximum Gasteiger partial charge on any atom is 0.338 e. The van der Waals surface area contributed by atoms with Crippen LogP contribution in [0.3, 0.4) is 0 Å². The number of benzene rings is 1. The molecule has 7 nitrogen and oxygen atoms in total. The van der Waals surface area contributed by atoms with E-state index in [1.807, 2.05) is 0 Å². The molecular weight excluding hydrogens is 303 g/mol. The number of carbonyl (C=O) groups excluding carboxylic acids is 1. The molecule has 0 bridgehead atoms. The lowest BCUT2D eigenvalue weighted by Crippen LogP contribution is -2.29. The summed E-state index contributed by atoms with van der Waals surface area (Å²) in [6.07, 6.45) is -0.0678. The molecule has 0 heterocycles. The minimum absolute atomic E-state index is 0.0678. The quantitative estimate of drug-likeness (QED) is 0.696. The number of carbonyl (C=O) groups is 2. The number of carboxylic acids is 1. The van der Waals surface area contributed by atoms with Crippen molar-refractivity contribution < 1.29 is 27.5 Å². The molecule has 1 amide bonds. The smallest absolute Gasteiger partial charge is 0.338 e. The third-order valence-electron chi connectivity index (χ3n) is 2.69. The van der Waals surface area contributed by atoms with Crippen LogP contribution >= 0.6 is 0 Å². The van der Waals surface area contributed by atoms with Gasteiger partial charge in [0.05, 0.1) is 10.5 Å². The molecule has 0 fully saturated rings. The van der Waals surface area contributed by atoms with Crippen molar-refractivity contribution in [3.8, 4) is 0 Å². The number of hydrogen-bond acceptors (Lipinski definition) is 4. The van der Waals surface area contributed by atoms with Gasteiger partial charge in [0.2, 0.25) is 15.9 Å². The standard InChI is InChI=1S/C12H15FN2O5S/c1-7-5-8(6-9(11(7)13)12(17)18)21(19,20)15-4-3-10(16)14-2/h5-6,15H,3-4H2,1-2H3,(H,14,16)(H,17,18). The maximum absolute atomic E-state index is 13.6. The van der Waals surface area contributed by atoms with Gasteiger partial charge in [0.1, 0.15) is 5.82 Å². The number of sulfonamides is 1. The van der Waals surface area contributed by atoms with Gasteiger partial charge in [0.25, 0.3) is 0 Å². The molecule has 0 atom stereocenters. The third kappa shape index (κ3) is 4.23. The largest absolute Gasteiger partial charge is 0.478 e. The molecule has 3 N–H and O–H groups in total. The van der Waals surface area contributed by atoms with Crippen LogP contribution in [-0.4, -0.2) is 39.0 Å². The zero-order valence-corrected chi connectivity index (χ0v) is 12.3. The highest BCUT2D eigenvalue weighted by molar-refractivity contribution is 7.89. The first-order valence-electron chi connectivity index (χ1n) is 5.92. The normalized spacial score (nSPS) is 11.2. The Balaban J connectivity index is 3.04. The average Bonchev–Trinajstić information content (AvgIpc) is 2.40. The predicted molar refractivity (Wildman–Crippen MR) is 72.0 cm³/mol. The van der Waals surface area contributed by atoms with E-state index >= 15 is 0 Å². The molecule has 1 rings (SSSR count). The molecular formula is C12H15FN2O5S. The molecule has 1 aromatic carbocycles. The Labute approximate surface area is 121 Å². The summed E-state index contributed by atoms with van der Waals surface area (Å²) in [5, 5.41) is 11.2. The lowest BCUT2D eigenvalue weighted by atomic mass is 10.1. The number of rotatable bonds is 6. The second-order valence-electron chi connectivity index (χ2n) is 4.23. The summed E-state index contributed by atoms with van der Waals surface area (Å²) in [4.78, 5) is 21.5. The maximum atomic E-state index is 13.6. The Hall–Kier alpha value is -2.00. The predicted octanol–water partition coefficient (Wildman–Crippen LogP) is 0.247. The zero-order valence-electron chi connectivity index (χ0n) is 11.4. The van der Waals surface area contributed by atoms with Crippen molar-refractivity contribution >= 4 is 21.9 Å². The van der Waals surface area contributed by atoms with Crippen LogP contribution in [0.25, 0.3) is 0 Å². The highest BCUT2D eigenvalue weighted by Gasteiger charge is 2.21. The lowest BCUT2D eigenvalue weighted by Gasteiger charge is -2.09. The number of halogens is 1. The minimum atomic E-state index is -4.02. The molecule has 21 heavy (non-hydrogen) atoms. The lowest BCUT2D eigenvalue weighted by molar-refractivity contribution is -0.120. The first-order chi connectivity index (χ1) is 9.69. The van der Waals surface area contributed by atoms with Gasteiger partial charge in [0.15, 0.2) is 0 Å². The molecule has 0 saturated heterocycles. The van der Waals surface area contributed by atoms with Crippen molar-refractivity contribution in [3.63, 3.8) is 0 Å². The van der Waals surface area contributed by atoms with Gasteiger partial charge in [-0.25, -0.2) is 22.3 Å².